The zero-order valence-corrected chi connectivity index (χ0v) is 23.4. The van der Waals surface area contributed by atoms with Gasteiger partial charge in [-0.3, -0.25) is 4.79 Å². The van der Waals surface area contributed by atoms with Crippen LogP contribution in [0, 0.1) is 5.82 Å². The van der Waals surface area contributed by atoms with Gasteiger partial charge in [-0.25, -0.2) is 9.37 Å². The van der Waals surface area contributed by atoms with Crippen LogP contribution in [0.4, 0.5) is 21.7 Å². The van der Waals surface area contributed by atoms with Crippen LogP contribution in [0.1, 0.15) is 32.1 Å². The maximum Gasteiger partial charge on any atom is 0.248 e. The number of rotatable bonds is 6. The topological polar surface area (TPSA) is 86.4 Å². The van der Waals surface area contributed by atoms with Crippen molar-refractivity contribution in [1.29, 1.82) is 0 Å². The summed E-state index contributed by atoms with van der Waals surface area (Å²) in [5.41, 5.74) is 2.43. The van der Waals surface area contributed by atoms with E-state index >= 15 is 4.39 Å². The second-order valence-corrected chi connectivity index (χ2v) is 11.7. The number of hydrogen-bond acceptors (Lipinski definition) is 8. The number of aromatic amines is 1. The highest BCUT2D eigenvalue weighted by Crippen LogP contribution is 2.34. The minimum Gasteiger partial charge on any atom is -0.437 e. The Kier molecular flexibility index (Phi) is 7.02. The quantitative estimate of drug-likeness (QED) is 0.236. The number of anilines is 3. The Hall–Kier alpha value is -4.02. The highest BCUT2D eigenvalue weighted by atomic mass is 32.1. The Labute approximate surface area is 240 Å². The smallest absolute Gasteiger partial charge is 0.248 e. The lowest BCUT2D eigenvalue weighted by Gasteiger charge is -2.41. The normalized spacial score (nSPS) is 16.9. The van der Waals surface area contributed by atoms with Crippen molar-refractivity contribution in [2.75, 3.05) is 36.4 Å². The molecule has 2 aliphatic rings. The van der Waals surface area contributed by atoms with Crippen LogP contribution in [0.5, 0.6) is 11.6 Å². The number of pyridine rings is 1. The molecule has 0 bridgehead atoms. The van der Waals surface area contributed by atoms with E-state index < -0.39 is 0 Å². The van der Waals surface area contributed by atoms with Crippen molar-refractivity contribution in [3.63, 3.8) is 0 Å². The highest BCUT2D eigenvalue weighted by molar-refractivity contribution is 7.17. The molecule has 5 aromatic rings. The van der Waals surface area contributed by atoms with E-state index in [4.69, 9.17) is 4.74 Å². The van der Waals surface area contributed by atoms with Gasteiger partial charge in [-0.2, -0.15) is 4.98 Å². The molecule has 0 spiro atoms. The van der Waals surface area contributed by atoms with Crippen LogP contribution in [0.2, 0.25) is 0 Å². The van der Waals surface area contributed by atoms with Crippen LogP contribution < -0.4 is 20.5 Å². The number of nitrogens with one attached hydrogen (secondary N) is 2. The number of halogens is 1. The molecule has 0 unspecified atom stereocenters. The SMILES string of the molecule is O=c1ccc2ccc(Oc3nc(Nc4ccc(N5CCC(N6CCCCC6)CC5)c(F)c4)nc4ccsc34)cc2[nH]1. The van der Waals surface area contributed by atoms with Gasteiger partial charge in [-0.1, -0.05) is 6.42 Å². The van der Waals surface area contributed by atoms with Crippen molar-refractivity contribution in [3.05, 3.63) is 76.1 Å². The van der Waals surface area contributed by atoms with Gasteiger partial charge < -0.3 is 24.8 Å². The van der Waals surface area contributed by atoms with E-state index in [0.29, 0.717) is 40.5 Å². The largest absolute Gasteiger partial charge is 0.437 e. The van der Waals surface area contributed by atoms with Crippen LogP contribution in [0.15, 0.2) is 64.8 Å². The molecule has 2 aliphatic heterocycles. The Morgan fingerprint density at radius 1 is 0.951 bits per heavy atom. The standard InChI is InChI=1S/C31H31FN6O2S/c32-24-18-21(6-8-27(24)38-15-10-22(11-16-38)37-13-2-1-3-14-37)33-31-35-25-12-17-41-29(25)30(36-31)40-23-7-4-20-5-9-28(39)34-26(20)19-23/h4-9,12,17-19,22H,1-3,10-11,13-16H2,(H,34,39)(H,33,35,36). The molecule has 0 atom stereocenters. The molecule has 2 fully saturated rings. The van der Waals surface area contributed by atoms with E-state index in [1.165, 1.54) is 55.8 Å². The fourth-order valence-corrected chi connectivity index (χ4v) is 6.75. The Morgan fingerprint density at radius 2 is 1.78 bits per heavy atom. The predicted octanol–water partition coefficient (Wildman–Crippen LogP) is 6.66. The van der Waals surface area contributed by atoms with Gasteiger partial charge in [0.05, 0.1) is 16.7 Å². The fourth-order valence-electron chi connectivity index (χ4n) is 5.99. The van der Waals surface area contributed by atoms with Gasteiger partial charge in [0.2, 0.25) is 17.4 Å². The average Bonchev–Trinajstić information content (AvgIpc) is 3.47. The molecule has 7 rings (SSSR count). The van der Waals surface area contributed by atoms with Gasteiger partial charge in [0.25, 0.3) is 0 Å². The molecular formula is C31H31FN6O2S. The molecule has 0 saturated carbocycles. The van der Waals surface area contributed by atoms with E-state index in [0.717, 1.165) is 41.5 Å². The van der Waals surface area contributed by atoms with Crippen LogP contribution >= 0.6 is 11.3 Å². The van der Waals surface area contributed by atoms with Crippen molar-refractivity contribution in [2.24, 2.45) is 0 Å². The van der Waals surface area contributed by atoms with Crippen LogP contribution in [0.25, 0.3) is 21.1 Å². The number of ether oxygens (including phenoxy) is 1. The Morgan fingerprint density at radius 3 is 2.61 bits per heavy atom. The maximum absolute atomic E-state index is 15.3. The monoisotopic (exact) mass is 570 g/mol. The predicted molar refractivity (Wildman–Crippen MR) is 162 cm³/mol. The molecule has 41 heavy (non-hydrogen) atoms. The number of piperidine rings is 2. The zero-order valence-electron chi connectivity index (χ0n) is 22.6. The Balaban J connectivity index is 1.08. The van der Waals surface area contributed by atoms with Gasteiger partial charge in [-0.15, -0.1) is 11.3 Å². The summed E-state index contributed by atoms with van der Waals surface area (Å²) in [5, 5.41) is 5.99. The summed E-state index contributed by atoms with van der Waals surface area (Å²) in [4.78, 5) is 28.6. The van der Waals surface area contributed by atoms with Crippen LogP contribution in [-0.2, 0) is 0 Å². The molecule has 8 nitrogen and oxygen atoms in total. The molecule has 0 amide bonds. The molecule has 5 heterocycles. The summed E-state index contributed by atoms with van der Waals surface area (Å²) in [6, 6.07) is 16.5. The van der Waals surface area contributed by atoms with Crippen molar-refractivity contribution in [2.45, 2.75) is 38.1 Å². The number of likely N-dealkylation sites (tertiary alicyclic amines) is 1. The lowest BCUT2D eigenvalue weighted by atomic mass is 9.99. The van der Waals surface area contributed by atoms with Gasteiger partial charge in [0.15, 0.2) is 0 Å². The van der Waals surface area contributed by atoms with Gasteiger partial charge in [0.1, 0.15) is 16.3 Å². The first-order valence-corrected chi connectivity index (χ1v) is 15.1. The number of thiophene rings is 1. The molecule has 0 aliphatic carbocycles. The first kappa shape index (κ1) is 25.9. The molecule has 2 saturated heterocycles. The summed E-state index contributed by atoms with van der Waals surface area (Å²) < 4.78 is 22.3. The van der Waals surface area contributed by atoms with Crippen molar-refractivity contribution >= 4 is 49.8 Å². The molecule has 2 N–H and O–H groups in total. The molecule has 210 valence electrons. The number of aromatic nitrogens is 3. The average molecular weight is 571 g/mol. The maximum atomic E-state index is 15.3. The first-order chi connectivity index (χ1) is 20.1. The third-order valence-corrected chi connectivity index (χ3v) is 8.99. The van der Waals surface area contributed by atoms with E-state index in [-0.39, 0.29) is 11.4 Å². The fraction of sp³-hybridized carbons (Fsp3) is 0.323. The number of benzene rings is 2. The highest BCUT2D eigenvalue weighted by Gasteiger charge is 2.26. The summed E-state index contributed by atoms with van der Waals surface area (Å²) in [6.45, 7) is 4.14. The van der Waals surface area contributed by atoms with E-state index in [2.05, 4.69) is 30.1 Å². The molecule has 3 aromatic heterocycles. The third-order valence-electron chi connectivity index (χ3n) is 8.10. The third kappa shape index (κ3) is 5.49. The van der Waals surface area contributed by atoms with E-state index in [9.17, 15) is 4.79 Å². The van der Waals surface area contributed by atoms with E-state index in [1.807, 2.05) is 35.7 Å². The summed E-state index contributed by atoms with van der Waals surface area (Å²) in [7, 11) is 0. The first-order valence-electron chi connectivity index (χ1n) is 14.2. The lowest BCUT2D eigenvalue weighted by Crippen LogP contribution is -2.46. The molecule has 0 radical (unpaired) electrons. The van der Waals surface area contributed by atoms with Crippen LogP contribution in [-0.4, -0.2) is 52.1 Å². The number of fused-ring (bicyclic) bond motifs is 2. The second-order valence-electron chi connectivity index (χ2n) is 10.8. The number of nitrogens with zero attached hydrogens (tertiary/aromatic N) is 4. The van der Waals surface area contributed by atoms with E-state index in [1.54, 1.807) is 12.1 Å². The number of hydrogen-bond donors (Lipinski definition) is 2. The zero-order chi connectivity index (χ0) is 27.8. The van der Waals surface area contributed by atoms with Gasteiger partial charge >= 0.3 is 0 Å². The van der Waals surface area contributed by atoms with Crippen molar-refractivity contribution in [1.82, 2.24) is 19.9 Å². The van der Waals surface area contributed by atoms with Gasteiger partial charge in [-0.05, 0) is 92.0 Å². The lowest BCUT2D eigenvalue weighted by molar-refractivity contribution is 0.141. The minimum absolute atomic E-state index is 0.177. The molecule has 2 aromatic carbocycles. The molecule has 10 heteroatoms. The second kappa shape index (κ2) is 11.1. The van der Waals surface area contributed by atoms with Crippen molar-refractivity contribution < 1.29 is 9.13 Å². The minimum atomic E-state index is -0.260. The van der Waals surface area contributed by atoms with Gasteiger partial charge in [0, 0.05) is 37.0 Å². The van der Waals surface area contributed by atoms with Crippen LogP contribution in [0.3, 0.4) is 0 Å². The summed E-state index contributed by atoms with van der Waals surface area (Å²) in [6.07, 6.45) is 6.08. The summed E-state index contributed by atoms with van der Waals surface area (Å²) >= 11 is 1.48. The Bertz CT molecular complexity index is 1760. The number of H-pyrrole nitrogens is 1. The molecular weight excluding hydrogens is 539 g/mol. The summed E-state index contributed by atoms with van der Waals surface area (Å²) in [5.74, 6) is 0.983. The van der Waals surface area contributed by atoms with Crippen molar-refractivity contribution in [3.8, 4) is 11.6 Å².